The van der Waals surface area contributed by atoms with Gasteiger partial charge in [0.05, 0.1) is 29.7 Å². The molecule has 1 heterocycles. The van der Waals surface area contributed by atoms with Crippen molar-refractivity contribution in [2.24, 2.45) is 0 Å². The third-order valence-corrected chi connectivity index (χ3v) is 6.61. The maximum atomic E-state index is 12.5. The van der Waals surface area contributed by atoms with E-state index in [9.17, 15) is 4.79 Å². The number of hydrogen-bond donors (Lipinski definition) is 0. The van der Waals surface area contributed by atoms with Crippen LogP contribution >= 0.6 is 35.6 Å². The Morgan fingerprint density at radius 2 is 1.79 bits per heavy atom. The van der Waals surface area contributed by atoms with Crippen LogP contribution in [-0.2, 0) is 11.2 Å². The summed E-state index contributed by atoms with van der Waals surface area (Å²) < 4.78 is 18.0. The molecule has 0 bridgehead atoms. The third-order valence-electron chi connectivity index (χ3n) is 4.95. The third kappa shape index (κ3) is 6.65. The fourth-order valence-electron chi connectivity index (χ4n) is 3.24. The van der Waals surface area contributed by atoms with Crippen LogP contribution in [0.4, 0.5) is 0 Å². The zero-order valence-corrected chi connectivity index (χ0v) is 21.4. The second kappa shape index (κ2) is 12.3. The van der Waals surface area contributed by atoms with Crippen molar-refractivity contribution in [1.29, 1.82) is 0 Å². The molecule has 1 aliphatic heterocycles. The van der Waals surface area contributed by atoms with E-state index in [0.717, 1.165) is 17.7 Å². The number of thioether (sulfide) groups is 1. The number of likely N-dealkylation sites (N-methyl/N-ethyl adjacent to an activating group) is 1. The van der Waals surface area contributed by atoms with Gasteiger partial charge in [0, 0.05) is 13.0 Å². The van der Waals surface area contributed by atoms with Crippen molar-refractivity contribution in [2.75, 3.05) is 26.4 Å². The lowest BCUT2D eigenvalue weighted by Crippen LogP contribution is -2.27. The first kappa shape index (κ1) is 25.4. The maximum Gasteiger partial charge on any atom is 0.266 e. The highest BCUT2D eigenvalue weighted by atomic mass is 35.5. The van der Waals surface area contributed by atoms with Crippen LogP contribution in [0.1, 0.15) is 38.3 Å². The molecule has 0 unspecified atom stereocenters. The van der Waals surface area contributed by atoms with E-state index in [4.69, 9.17) is 38.0 Å². The van der Waals surface area contributed by atoms with Gasteiger partial charge in [-0.3, -0.25) is 9.69 Å². The highest BCUT2D eigenvalue weighted by Crippen LogP contribution is 2.39. The molecule has 0 atom stereocenters. The topological polar surface area (TPSA) is 48.0 Å². The number of benzene rings is 2. The Morgan fingerprint density at radius 3 is 2.42 bits per heavy atom. The van der Waals surface area contributed by atoms with Crippen LogP contribution in [-0.4, -0.2) is 41.5 Å². The zero-order valence-electron chi connectivity index (χ0n) is 19.1. The van der Waals surface area contributed by atoms with Crippen LogP contribution in [0.25, 0.3) is 6.08 Å². The number of halogens is 1. The predicted octanol–water partition coefficient (Wildman–Crippen LogP) is 6.37. The van der Waals surface area contributed by atoms with E-state index >= 15 is 0 Å². The van der Waals surface area contributed by atoms with E-state index < -0.39 is 0 Å². The summed E-state index contributed by atoms with van der Waals surface area (Å²) in [6, 6.07) is 11.7. The molecule has 2 aromatic rings. The Hall–Kier alpha value is -2.22. The minimum Gasteiger partial charge on any atom is -0.493 e. The lowest BCUT2D eigenvalue weighted by molar-refractivity contribution is -0.121. The lowest BCUT2D eigenvalue weighted by Gasteiger charge is -2.15. The molecular formula is C25H28ClNO4S2. The minimum absolute atomic E-state index is 0.0914. The fourth-order valence-corrected chi connectivity index (χ4v) is 4.90. The average molecular weight is 506 g/mol. The van der Waals surface area contributed by atoms with Crippen LogP contribution in [0.3, 0.4) is 0 Å². The number of amides is 1. The number of nitrogens with zero attached hydrogens (tertiary/aromatic N) is 1. The van der Waals surface area contributed by atoms with Crippen molar-refractivity contribution in [3.63, 3.8) is 0 Å². The van der Waals surface area contributed by atoms with Crippen molar-refractivity contribution >= 4 is 51.9 Å². The summed E-state index contributed by atoms with van der Waals surface area (Å²) in [5, 5.41) is 0.425. The summed E-state index contributed by atoms with van der Waals surface area (Å²) in [7, 11) is 0. The first-order valence-electron chi connectivity index (χ1n) is 11.0. The van der Waals surface area contributed by atoms with Gasteiger partial charge in [-0.2, -0.15) is 0 Å². The molecule has 0 N–H and O–H groups in total. The number of thiocarbonyl (C=S) groups is 1. The maximum absolute atomic E-state index is 12.5. The Morgan fingerprint density at radius 1 is 1.06 bits per heavy atom. The van der Waals surface area contributed by atoms with Gasteiger partial charge >= 0.3 is 0 Å². The van der Waals surface area contributed by atoms with Crippen molar-refractivity contribution in [2.45, 2.75) is 33.6 Å². The Labute approximate surface area is 210 Å². The van der Waals surface area contributed by atoms with Gasteiger partial charge in [0.15, 0.2) is 11.5 Å². The molecule has 176 valence electrons. The van der Waals surface area contributed by atoms with Crippen LogP contribution in [0.5, 0.6) is 17.2 Å². The molecule has 33 heavy (non-hydrogen) atoms. The summed E-state index contributed by atoms with van der Waals surface area (Å²) in [5.41, 5.74) is 2.04. The van der Waals surface area contributed by atoms with Gasteiger partial charge in [0.25, 0.3) is 5.91 Å². The smallest absolute Gasteiger partial charge is 0.266 e. The first-order valence-corrected chi connectivity index (χ1v) is 12.6. The molecule has 8 heteroatoms. The molecule has 3 rings (SSSR count). The molecule has 0 aliphatic carbocycles. The molecule has 1 aliphatic rings. The van der Waals surface area contributed by atoms with Crippen LogP contribution in [0.15, 0.2) is 41.3 Å². The van der Waals surface area contributed by atoms with Gasteiger partial charge < -0.3 is 14.2 Å². The van der Waals surface area contributed by atoms with E-state index in [1.54, 1.807) is 17.0 Å². The minimum atomic E-state index is -0.0914. The largest absolute Gasteiger partial charge is 0.493 e. The SMILES string of the molecule is CCOc1cc(/C=C2\SC(=S)N(CC)C2=O)cc(Cl)c1OCCCOc1ccc(CC)cc1. The van der Waals surface area contributed by atoms with Crippen molar-refractivity contribution in [3.05, 3.63) is 57.5 Å². The molecule has 1 amide bonds. The summed E-state index contributed by atoms with van der Waals surface area (Å²) in [6.45, 7) is 7.90. The summed E-state index contributed by atoms with van der Waals surface area (Å²) in [6.07, 6.45) is 3.48. The van der Waals surface area contributed by atoms with E-state index in [1.165, 1.54) is 17.3 Å². The highest BCUT2D eigenvalue weighted by molar-refractivity contribution is 8.26. The van der Waals surface area contributed by atoms with Gasteiger partial charge in [-0.25, -0.2) is 0 Å². The Bertz CT molecular complexity index is 1020. The first-order chi connectivity index (χ1) is 16.0. The highest BCUT2D eigenvalue weighted by Gasteiger charge is 2.30. The normalized spacial score (nSPS) is 14.8. The molecule has 1 fully saturated rings. The molecule has 1 saturated heterocycles. The summed E-state index contributed by atoms with van der Waals surface area (Å²) >= 11 is 13.1. The molecule has 0 spiro atoms. The molecule has 0 aromatic heterocycles. The van der Waals surface area contributed by atoms with Crippen molar-refractivity contribution in [1.82, 2.24) is 4.90 Å². The molecule has 2 aromatic carbocycles. The second-order valence-corrected chi connectivity index (χ2v) is 9.32. The zero-order chi connectivity index (χ0) is 23.8. The number of carbonyl (C=O) groups excluding carboxylic acids is 1. The average Bonchev–Trinajstić information content (AvgIpc) is 3.07. The van der Waals surface area contributed by atoms with Crippen LogP contribution in [0, 0.1) is 0 Å². The van der Waals surface area contributed by atoms with Gasteiger partial charge in [-0.15, -0.1) is 0 Å². The summed E-state index contributed by atoms with van der Waals surface area (Å²) in [5.74, 6) is 1.78. The van der Waals surface area contributed by atoms with Crippen molar-refractivity contribution in [3.8, 4) is 17.2 Å². The number of aryl methyl sites for hydroxylation is 1. The number of carbonyl (C=O) groups is 1. The van der Waals surface area contributed by atoms with Gasteiger partial charge in [0.1, 0.15) is 10.1 Å². The molecule has 0 radical (unpaired) electrons. The fraction of sp³-hybridized carbons (Fsp3) is 0.360. The monoisotopic (exact) mass is 505 g/mol. The van der Waals surface area contributed by atoms with Gasteiger partial charge in [-0.1, -0.05) is 54.6 Å². The van der Waals surface area contributed by atoms with E-state index in [-0.39, 0.29) is 5.91 Å². The van der Waals surface area contributed by atoms with Crippen molar-refractivity contribution < 1.29 is 19.0 Å². The second-order valence-electron chi connectivity index (χ2n) is 7.24. The van der Waals surface area contributed by atoms with Crippen LogP contribution < -0.4 is 14.2 Å². The number of rotatable bonds is 11. The molecule has 0 saturated carbocycles. The van der Waals surface area contributed by atoms with Gasteiger partial charge in [0.2, 0.25) is 0 Å². The quantitative estimate of drug-likeness (QED) is 0.201. The lowest BCUT2D eigenvalue weighted by atomic mass is 10.1. The molecular weight excluding hydrogens is 478 g/mol. The predicted molar refractivity (Wildman–Crippen MR) is 140 cm³/mol. The molecule has 5 nitrogen and oxygen atoms in total. The van der Waals surface area contributed by atoms with Gasteiger partial charge in [-0.05, 0) is 61.7 Å². The standard InChI is InChI=1S/C25H28ClNO4S2/c1-4-17-8-10-19(11-9-17)30-12-7-13-31-23-20(26)14-18(15-21(23)29-6-3)16-22-24(28)27(5-2)25(32)33-22/h8-11,14-16H,4-7,12-13H2,1-3H3/b22-16-. The van der Waals surface area contributed by atoms with E-state index in [2.05, 4.69) is 19.1 Å². The number of ether oxygens (including phenoxy) is 3. The number of hydrogen-bond acceptors (Lipinski definition) is 6. The van der Waals surface area contributed by atoms with E-state index in [0.29, 0.717) is 58.5 Å². The van der Waals surface area contributed by atoms with E-state index in [1.807, 2.05) is 32.0 Å². The Kier molecular flexibility index (Phi) is 9.47. The summed E-state index contributed by atoms with van der Waals surface area (Å²) in [4.78, 5) is 14.6. The Balaban J connectivity index is 1.63. The van der Waals surface area contributed by atoms with Crippen LogP contribution in [0.2, 0.25) is 5.02 Å².